The molecule has 8 heteroatoms. The van der Waals surface area contributed by atoms with Gasteiger partial charge in [0.1, 0.15) is 0 Å². The van der Waals surface area contributed by atoms with Gasteiger partial charge in [0.25, 0.3) is 0 Å². The number of nitrogens with zero attached hydrogens (tertiary/aromatic N) is 1. The van der Waals surface area contributed by atoms with Crippen LogP contribution in [0, 0.1) is 0 Å². The molecule has 0 saturated carbocycles. The topological polar surface area (TPSA) is 15.3 Å². The van der Waals surface area contributed by atoms with Crippen LogP contribution < -0.4 is 5.32 Å². The molecular weight excluding hydrogens is 346 g/mol. The van der Waals surface area contributed by atoms with Crippen molar-refractivity contribution in [2.45, 2.75) is 56.7 Å². The van der Waals surface area contributed by atoms with Crippen molar-refractivity contribution in [1.29, 1.82) is 0 Å². The molecule has 0 bridgehead atoms. The van der Waals surface area contributed by atoms with Gasteiger partial charge < -0.3 is 5.32 Å². The third-order valence-electron chi connectivity index (χ3n) is 5.02. The molecule has 2 fully saturated rings. The van der Waals surface area contributed by atoms with Crippen LogP contribution in [0.3, 0.4) is 0 Å². The molecule has 2 aliphatic rings. The molecule has 0 amide bonds. The quantitative estimate of drug-likeness (QED) is 0.779. The molecule has 0 aromatic heterocycles. The molecule has 25 heavy (non-hydrogen) atoms. The maximum Gasteiger partial charge on any atom is 0.416 e. The van der Waals surface area contributed by atoms with Crippen molar-refractivity contribution < 1.29 is 26.3 Å². The highest BCUT2D eigenvalue weighted by molar-refractivity contribution is 5.33. The van der Waals surface area contributed by atoms with Crippen LogP contribution in [-0.4, -0.2) is 30.1 Å². The number of fused-ring (bicyclic) bond motifs is 1. The maximum absolute atomic E-state index is 13.0. The molecule has 2 nitrogen and oxygen atoms in total. The van der Waals surface area contributed by atoms with E-state index in [2.05, 4.69) is 5.32 Å². The monoisotopic (exact) mass is 366 g/mol. The lowest BCUT2D eigenvalue weighted by molar-refractivity contribution is -0.143. The van der Waals surface area contributed by atoms with Gasteiger partial charge in [-0.2, -0.15) is 26.3 Å². The smallest absolute Gasteiger partial charge is 0.312 e. The number of hydrogen-bond acceptors (Lipinski definition) is 2. The molecular formula is C17H20F6N2. The zero-order valence-electron chi connectivity index (χ0n) is 13.6. The van der Waals surface area contributed by atoms with Gasteiger partial charge in [0.15, 0.2) is 0 Å². The van der Waals surface area contributed by atoms with Crippen molar-refractivity contribution in [3.63, 3.8) is 0 Å². The number of likely N-dealkylation sites (tertiary alicyclic amines) is 1. The Kier molecular flexibility index (Phi) is 5.03. The zero-order chi connectivity index (χ0) is 18.2. The standard InChI is InChI=1S/C17H20F6N2/c18-16(19,20)12-7-11(8-13(9-12)17(21,22)23)10-25-6-2-1-3-14-15(25)4-5-24-14/h7-9,14-15,24H,1-6,10H2/t14-,15-/m1/s1. The predicted octanol–water partition coefficient (Wildman–Crippen LogP) is 4.44. The molecule has 2 saturated heterocycles. The van der Waals surface area contributed by atoms with E-state index in [0.717, 1.165) is 44.4 Å². The van der Waals surface area contributed by atoms with E-state index in [-0.39, 0.29) is 30.3 Å². The minimum Gasteiger partial charge on any atom is -0.312 e. The largest absolute Gasteiger partial charge is 0.416 e. The molecule has 0 radical (unpaired) electrons. The minimum atomic E-state index is -4.80. The Morgan fingerprint density at radius 2 is 1.56 bits per heavy atom. The SMILES string of the molecule is FC(F)(F)c1cc(CN2CCCC[C@H]3NCC[C@H]32)cc(C(F)(F)F)c1. The number of halogens is 6. The summed E-state index contributed by atoms with van der Waals surface area (Å²) >= 11 is 0. The molecule has 2 atom stereocenters. The van der Waals surface area contributed by atoms with Crippen molar-refractivity contribution in [2.75, 3.05) is 13.1 Å². The van der Waals surface area contributed by atoms with Gasteiger partial charge in [-0.25, -0.2) is 0 Å². The second-order valence-electron chi connectivity index (χ2n) is 6.80. The fraction of sp³-hybridized carbons (Fsp3) is 0.647. The second kappa shape index (κ2) is 6.79. The van der Waals surface area contributed by atoms with E-state index in [0.29, 0.717) is 6.54 Å². The lowest BCUT2D eigenvalue weighted by atomic mass is 10.0. The van der Waals surface area contributed by atoms with E-state index in [4.69, 9.17) is 0 Å². The lowest BCUT2D eigenvalue weighted by Crippen LogP contribution is -2.42. The number of benzene rings is 1. The van der Waals surface area contributed by atoms with E-state index < -0.39 is 23.5 Å². The molecule has 0 unspecified atom stereocenters. The van der Waals surface area contributed by atoms with Crippen LogP contribution in [0.25, 0.3) is 0 Å². The van der Waals surface area contributed by atoms with Crippen LogP contribution in [0.1, 0.15) is 42.4 Å². The van der Waals surface area contributed by atoms with Gasteiger partial charge in [0, 0.05) is 18.6 Å². The molecule has 1 aromatic carbocycles. The highest BCUT2D eigenvalue weighted by atomic mass is 19.4. The Bertz CT molecular complexity index is 578. The summed E-state index contributed by atoms with van der Waals surface area (Å²) in [6.07, 6.45) is -5.81. The summed E-state index contributed by atoms with van der Waals surface area (Å²) in [4.78, 5) is 2.04. The average Bonchev–Trinajstić information content (AvgIpc) is 2.89. The number of nitrogens with one attached hydrogen (secondary N) is 1. The summed E-state index contributed by atoms with van der Waals surface area (Å²) < 4.78 is 78.0. The summed E-state index contributed by atoms with van der Waals surface area (Å²) in [6.45, 7) is 1.64. The first-order valence-electron chi connectivity index (χ1n) is 8.40. The van der Waals surface area contributed by atoms with Crippen LogP contribution in [0.5, 0.6) is 0 Å². The Balaban J connectivity index is 1.90. The zero-order valence-corrected chi connectivity index (χ0v) is 13.6. The van der Waals surface area contributed by atoms with Crippen molar-refractivity contribution in [2.24, 2.45) is 0 Å². The summed E-state index contributed by atoms with van der Waals surface area (Å²) in [7, 11) is 0. The Morgan fingerprint density at radius 3 is 2.16 bits per heavy atom. The van der Waals surface area contributed by atoms with Crippen LogP contribution in [0.2, 0.25) is 0 Å². The summed E-state index contributed by atoms with van der Waals surface area (Å²) in [5.74, 6) is 0. The first-order valence-corrected chi connectivity index (χ1v) is 8.40. The molecule has 140 valence electrons. The van der Waals surface area contributed by atoms with E-state index in [1.165, 1.54) is 0 Å². The average molecular weight is 366 g/mol. The summed E-state index contributed by atoms with van der Waals surface area (Å²) in [6, 6.07) is 2.32. The molecule has 1 aromatic rings. The van der Waals surface area contributed by atoms with Gasteiger partial charge in [-0.15, -0.1) is 0 Å². The molecule has 0 spiro atoms. The molecule has 2 heterocycles. The molecule has 2 aliphatic heterocycles. The Labute approximate surface area is 142 Å². The molecule has 3 rings (SSSR count). The van der Waals surface area contributed by atoms with E-state index >= 15 is 0 Å². The number of rotatable bonds is 2. The predicted molar refractivity (Wildman–Crippen MR) is 80.9 cm³/mol. The van der Waals surface area contributed by atoms with Crippen LogP contribution >= 0.6 is 0 Å². The van der Waals surface area contributed by atoms with Crippen molar-refractivity contribution in [3.8, 4) is 0 Å². The van der Waals surface area contributed by atoms with Gasteiger partial charge in [0.05, 0.1) is 11.1 Å². The Morgan fingerprint density at radius 1 is 0.920 bits per heavy atom. The van der Waals surface area contributed by atoms with Crippen molar-refractivity contribution in [3.05, 3.63) is 34.9 Å². The molecule has 0 aliphatic carbocycles. The highest BCUT2D eigenvalue weighted by Crippen LogP contribution is 2.37. The van der Waals surface area contributed by atoms with Gasteiger partial charge >= 0.3 is 12.4 Å². The lowest BCUT2D eigenvalue weighted by Gasteiger charge is -2.30. The molecule has 1 N–H and O–H groups in total. The highest BCUT2D eigenvalue weighted by Gasteiger charge is 2.38. The van der Waals surface area contributed by atoms with E-state index in [1.54, 1.807) is 0 Å². The summed E-state index contributed by atoms with van der Waals surface area (Å²) in [5.41, 5.74) is -2.42. The third kappa shape index (κ3) is 4.28. The number of hydrogen-bond donors (Lipinski definition) is 1. The Hall–Kier alpha value is -1.28. The second-order valence-corrected chi connectivity index (χ2v) is 6.80. The van der Waals surface area contributed by atoms with E-state index in [1.807, 2.05) is 4.90 Å². The first kappa shape index (κ1) is 18.5. The normalized spacial score (nSPS) is 25.7. The van der Waals surface area contributed by atoms with Gasteiger partial charge in [-0.05, 0) is 56.1 Å². The van der Waals surface area contributed by atoms with Crippen molar-refractivity contribution >= 4 is 0 Å². The van der Waals surface area contributed by atoms with Gasteiger partial charge in [-0.3, -0.25) is 4.90 Å². The van der Waals surface area contributed by atoms with Crippen molar-refractivity contribution in [1.82, 2.24) is 10.2 Å². The number of alkyl halides is 6. The first-order chi connectivity index (χ1) is 11.6. The maximum atomic E-state index is 13.0. The van der Waals surface area contributed by atoms with Gasteiger partial charge in [-0.1, -0.05) is 6.42 Å². The van der Waals surface area contributed by atoms with Gasteiger partial charge in [0.2, 0.25) is 0 Å². The third-order valence-corrected chi connectivity index (χ3v) is 5.02. The summed E-state index contributed by atoms with van der Waals surface area (Å²) in [5, 5.41) is 3.38. The van der Waals surface area contributed by atoms with Crippen LogP contribution in [0.15, 0.2) is 18.2 Å². The fourth-order valence-corrected chi connectivity index (χ4v) is 3.87. The fourth-order valence-electron chi connectivity index (χ4n) is 3.87. The van der Waals surface area contributed by atoms with Crippen LogP contribution in [0.4, 0.5) is 26.3 Å². The van der Waals surface area contributed by atoms with E-state index in [9.17, 15) is 26.3 Å². The minimum absolute atomic E-state index is 0.0645. The van der Waals surface area contributed by atoms with Crippen LogP contribution in [-0.2, 0) is 18.9 Å².